The number of hydrogen-bond acceptors (Lipinski definition) is 3. The number of ether oxygens (including phenoxy) is 1. The van der Waals surface area contributed by atoms with E-state index in [0.717, 1.165) is 18.2 Å². The van der Waals surface area contributed by atoms with Gasteiger partial charge in [0, 0.05) is 12.1 Å². The molecule has 20 heavy (non-hydrogen) atoms. The van der Waals surface area contributed by atoms with Crippen LogP contribution >= 0.6 is 0 Å². The molecule has 0 N–H and O–H groups in total. The number of nitro benzene ring substituents is 1. The highest BCUT2D eigenvalue weighted by molar-refractivity contribution is 5.41. The minimum atomic E-state index is -1.73. The molecule has 0 unspecified atom stereocenters. The van der Waals surface area contributed by atoms with Crippen molar-refractivity contribution in [3.63, 3.8) is 0 Å². The largest absolute Gasteiger partial charge is 0.451 e. The monoisotopic (exact) mass is 287 g/mol. The van der Waals surface area contributed by atoms with Gasteiger partial charge in [-0.2, -0.15) is 8.78 Å². The minimum absolute atomic E-state index is 0.0327. The third kappa shape index (κ3) is 2.53. The SMILES string of the molecule is O=[N+]([O-])c1cccc(Oc2c(F)c(F)cc(F)c2F)c1. The van der Waals surface area contributed by atoms with Gasteiger partial charge in [0.15, 0.2) is 11.6 Å². The number of benzene rings is 2. The number of halogens is 4. The predicted molar refractivity (Wildman–Crippen MR) is 59.4 cm³/mol. The van der Waals surface area contributed by atoms with Gasteiger partial charge in [0.1, 0.15) is 5.75 Å². The van der Waals surface area contributed by atoms with E-state index in [9.17, 15) is 27.7 Å². The molecule has 2 rings (SSSR count). The molecule has 0 aliphatic carbocycles. The van der Waals surface area contributed by atoms with Gasteiger partial charge in [0.25, 0.3) is 5.69 Å². The van der Waals surface area contributed by atoms with Crippen molar-refractivity contribution < 1.29 is 27.2 Å². The second-order valence-electron chi connectivity index (χ2n) is 3.65. The molecule has 0 saturated carbocycles. The first-order chi connectivity index (χ1) is 9.40. The van der Waals surface area contributed by atoms with Crippen LogP contribution in [0.5, 0.6) is 11.5 Å². The van der Waals surface area contributed by atoms with Crippen LogP contribution in [0, 0.1) is 33.4 Å². The first-order valence-corrected chi connectivity index (χ1v) is 5.15. The molecule has 0 amide bonds. The van der Waals surface area contributed by atoms with Crippen LogP contribution in [0.15, 0.2) is 30.3 Å². The molecule has 0 heterocycles. The topological polar surface area (TPSA) is 52.4 Å². The van der Waals surface area contributed by atoms with E-state index in [1.807, 2.05) is 0 Å². The molecule has 4 nitrogen and oxygen atoms in total. The summed E-state index contributed by atoms with van der Waals surface area (Å²) in [5.41, 5.74) is -0.403. The van der Waals surface area contributed by atoms with Gasteiger partial charge >= 0.3 is 0 Å². The summed E-state index contributed by atoms with van der Waals surface area (Å²) in [7, 11) is 0. The van der Waals surface area contributed by atoms with Crippen molar-refractivity contribution in [1.29, 1.82) is 0 Å². The summed E-state index contributed by atoms with van der Waals surface area (Å²) in [6.45, 7) is 0. The quantitative estimate of drug-likeness (QED) is 0.372. The van der Waals surface area contributed by atoms with Crippen LogP contribution in [-0.4, -0.2) is 4.92 Å². The van der Waals surface area contributed by atoms with Gasteiger partial charge < -0.3 is 4.74 Å². The van der Waals surface area contributed by atoms with E-state index in [2.05, 4.69) is 4.74 Å². The molecule has 0 saturated heterocycles. The second-order valence-corrected chi connectivity index (χ2v) is 3.65. The number of hydrogen-bond donors (Lipinski definition) is 0. The van der Waals surface area contributed by atoms with Gasteiger partial charge in [-0.05, 0) is 6.07 Å². The van der Waals surface area contributed by atoms with Crippen molar-refractivity contribution in [2.75, 3.05) is 0 Å². The maximum absolute atomic E-state index is 13.3. The van der Waals surface area contributed by atoms with Crippen molar-refractivity contribution >= 4 is 5.69 Å². The number of nitro groups is 1. The number of nitrogens with zero attached hydrogens (tertiary/aromatic N) is 1. The van der Waals surface area contributed by atoms with E-state index in [1.165, 1.54) is 6.07 Å². The zero-order valence-electron chi connectivity index (χ0n) is 9.57. The molecule has 2 aromatic rings. The third-order valence-corrected chi connectivity index (χ3v) is 2.32. The number of rotatable bonds is 3. The predicted octanol–water partition coefficient (Wildman–Crippen LogP) is 3.94. The lowest BCUT2D eigenvalue weighted by Gasteiger charge is -2.08. The Labute approximate surface area is 109 Å². The van der Waals surface area contributed by atoms with E-state index >= 15 is 0 Å². The summed E-state index contributed by atoms with van der Waals surface area (Å²) in [6, 6.07) is 4.35. The lowest BCUT2D eigenvalue weighted by molar-refractivity contribution is -0.384. The maximum atomic E-state index is 13.3. The van der Waals surface area contributed by atoms with Crippen LogP contribution in [-0.2, 0) is 0 Å². The van der Waals surface area contributed by atoms with Gasteiger partial charge in [0.2, 0.25) is 17.4 Å². The van der Waals surface area contributed by atoms with Gasteiger partial charge in [-0.1, -0.05) is 6.07 Å². The van der Waals surface area contributed by atoms with Crippen LogP contribution in [0.1, 0.15) is 0 Å². The van der Waals surface area contributed by atoms with Gasteiger partial charge in [-0.3, -0.25) is 10.1 Å². The highest BCUT2D eigenvalue weighted by atomic mass is 19.2. The smallest absolute Gasteiger partial charge is 0.273 e. The Morgan fingerprint density at radius 3 is 2.15 bits per heavy atom. The molecule has 0 aromatic heterocycles. The highest BCUT2D eigenvalue weighted by Gasteiger charge is 2.21. The molecular weight excluding hydrogens is 282 g/mol. The summed E-state index contributed by atoms with van der Waals surface area (Å²) in [6.07, 6.45) is 0. The molecule has 0 aliphatic heterocycles. The van der Waals surface area contributed by atoms with E-state index in [-0.39, 0.29) is 11.8 Å². The van der Waals surface area contributed by atoms with E-state index in [4.69, 9.17) is 0 Å². The van der Waals surface area contributed by atoms with Crippen molar-refractivity contribution in [1.82, 2.24) is 0 Å². The van der Waals surface area contributed by atoms with Gasteiger partial charge in [0.05, 0.1) is 11.0 Å². The average Bonchev–Trinajstić information content (AvgIpc) is 2.42. The van der Waals surface area contributed by atoms with E-state index < -0.39 is 39.6 Å². The Morgan fingerprint density at radius 2 is 1.60 bits per heavy atom. The molecule has 0 spiro atoms. The maximum Gasteiger partial charge on any atom is 0.273 e. The lowest BCUT2D eigenvalue weighted by Crippen LogP contribution is -1.99. The third-order valence-electron chi connectivity index (χ3n) is 2.32. The fourth-order valence-corrected chi connectivity index (χ4v) is 1.42. The molecule has 0 fully saturated rings. The summed E-state index contributed by atoms with van der Waals surface area (Å²) < 4.78 is 57.3. The molecule has 0 aliphatic rings. The first kappa shape index (κ1) is 13.8. The van der Waals surface area contributed by atoms with Crippen LogP contribution in [0.3, 0.4) is 0 Å². The van der Waals surface area contributed by atoms with Crippen LogP contribution < -0.4 is 4.74 Å². The van der Waals surface area contributed by atoms with Gasteiger partial charge in [-0.25, -0.2) is 8.78 Å². The summed E-state index contributed by atoms with van der Waals surface area (Å²) >= 11 is 0. The molecule has 8 heteroatoms. The normalized spacial score (nSPS) is 10.4. The van der Waals surface area contributed by atoms with Crippen molar-refractivity contribution in [2.45, 2.75) is 0 Å². The average molecular weight is 287 g/mol. The molecule has 0 atom stereocenters. The highest BCUT2D eigenvalue weighted by Crippen LogP contribution is 2.32. The molecule has 0 radical (unpaired) electrons. The molecular formula is C12H5F4NO3. The van der Waals surface area contributed by atoms with Crippen LogP contribution in [0.25, 0.3) is 0 Å². The molecule has 0 bridgehead atoms. The zero-order chi connectivity index (χ0) is 14.9. The second kappa shape index (κ2) is 5.16. The summed E-state index contributed by atoms with van der Waals surface area (Å²) in [5, 5.41) is 10.5. The fraction of sp³-hybridized carbons (Fsp3) is 0. The van der Waals surface area contributed by atoms with E-state index in [0.29, 0.717) is 0 Å². The van der Waals surface area contributed by atoms with Gasteiger partial charge in [-0.15, -0.1) is 0 Å². The zero-order valence-corrected chi connectivity index (χ0v) is 9.57. The van der Waals surface area contributed by atoms with E-state index in [1.54, 1.807) is 0 Å². The fourth-order valence-electron chi connectivity index (χ4n) is 1.42. The molecule has 2 aromatic carbocycles. The van der Waals surface area contributed by atoms with Crippen molar-refractivity contribution in [3.8, 4) is 11.5 Å². The standard InChI is InChI=1S/C12H5F4NO3/c13-8-5-9(14)11(16)12(10(8)15)20-7-3-1-2-6(4-7)17(18)19/h1-5H. The summed E-state index contributed by atoms with van der Waals surface area (Å²) in [5.74, 6) is -8.36. The van der Waals surface area contributed by atoms with Crippen LogP contribution in [0.2, 0.25) is 0 Å². The summed E-state index contributed by atoms with van der Waals surface area (Å²) in [4.78, 5) is 9.77. The molecule has 104 valence electrons. The Balaban J connectivity index is 2.45. The Bertz CT molecular complexity index is 664. The first-order valence-electron chi connectivity index (χ1n) is 5.15. The minimum Gasteiger partial charge on any atom is -0.451 e. The van der Waals surface area contributed by atoms with Crippen molar-refractivity contribution in [3.05, 3.63) is 63.7 Å². The Hall–Kier alpha value is -2.64. The lowest BCUT2D eigenvalue weighted by atomic mass is 10.2. The van der Waals surface area contributed by atoms with Crippen LogP contribution in [0.4, 0.5) is 23.2 Å². The number of non-ortho nitro benzene ring substituents is 1. The Kier molecular flexibility index (Phi) is 3.55. The Morgan fingerprint density at radius 1 is 1.00 bits per heavy atom. The van der Waals surface area contributed by atoms with Crippen molar-refractivity contribution in [2.24, 2.45) is 0 Å².